The predicted molar refractivity (Wildman–Crippen MR) is 71.2 cm³/mol. The van der Waals surface area contributed by atoms with Crippen molar-refractivity contribution in [1.29, 1.82) is 0 Å². The molecule has 1 atom stereocenters. The van der Waals surface area contributed by atoms with Crippen LogP contribution in [-0.2, 0) is 11.3 Å². The third-order valence-electron chi connectivity index (χ3n) is 3.04. The van der Waals surface area contributed by atoms with Crippen molar-refractivity contribution >= 4 is 17.3 Å². The van der Waals surface area contributed by atoms with Crippen LogP contribution in [0.25, 0.3) is 0 Å². The Morgan fingerprint density at radius 1 is 1.41 bits per heavy atom. The molecule has 1 unspecified atom stereocenters. The molecule has 94 valence electrons. The molecule has 0 saturated carbocycles. The van der Waals surface area contributed by atoms with E-state index in [0.717, 1.165) is 31.7 Å². The normalized spacial score (nSPS) is 20.4. The highest BCUT2D eigenvalue weighted by Gasteiger charge is 2.12. The molecule has 0 radical (unpaired) electrons. The molecule has 0 bridgehead atoms. The molecule has 0 aliphatic carbocycles. The zero-order valence-corrected chi connectivity index (χ0v) is 10.7. The van der Waals surface area contributed by atoms with Crippen LogP contribution < -0.4 is 11.1 Å². The maximum atomic E-state index is 5.87. The highest BCUT2D eigenvalue weighted by atomic mass is 35.5. The van der Waals surface area contributed by atoms with E-state index in [1.54, 1.807) is 0 Å². The number of benzene rings is 1. The molecule has 0 amide bonds. The SMILES string of the molecule is Nc1cc(CNCC2CCCCO2)ccc1Cl. The van der Waals surface area contributed by atoms with Gasteiger partial charge in [-0.3, -0.25) is 0 Å². The number of nitrogens with one attached hydrogen (secondary N) is 1. The van der Waals surface area contributed by atoms with E-state index in [9.17, 15) is 0 Å². The van der Waals surface area contributed by atoms with Gasteiger partial charge in [-0.25, -0.2) is 0 Å². The lowest BCUT2D eigenvalue weighted by molar-refractivity contribution is 0.0168. The predicted octanol–water partition coefficient (Wildman–Crippen LogP) is 2.58. The lowest BCUT2D eigenvalue weighted by Crippen LogP contribution is -2.31. The first-order chi connectivity index (χ1) is 8.25. The smallest absolute Gasteiger partial charge is 0.0699 e. The van der Waals surface area contributed by atoms with E-state index in [0.29, 0.717) is 16.8 Å². The van der Waals surface area contributed by atoms with Gasteiger partial charge in [0.05, 0.1) is 16.8 Å². The molecule has 1 heterocycles. The third kappa shape index (κ3) is 3.87. The van der Waals surface area contributed by atoms with Crippen molar-refractivity contribution in [2.75, 3.05) is 18.9 Å². The first kappa shape index (κ1) is 12.7. The lowest BCUT2D eigenvalue weighted by Gasteiger charge is -2.22. The van der Waals surface area contributed by atoms with Crippen LogP contribution in [0.2, 0.25) is 5.02 Å². The second kappa shape index (κ2) is 6.24. The molecule has 17 heavy (non-hydrogen) atoms. The van der Waals surface area contributed by atoms with Crippen LogP contribution in [0, 0.1) is 0 Å². The number of hydrogen-bond donors (Lipinski definition) is 2. The Bertz CT molecular complexity index is 364. The highest BCUT2D eigenvalue weighted by molar-refractivity contribution is 6.33. The van der Waals surface area contributed by atoms with Crippen molar-refractivity contribution in [2.24, 2.45) is 0 Å². The van der Waals surface area contributed by atoms with Gasteiger partial charge in [-0.05, 0) is 37.0 Å². The van der Waals surface area contributed by atoms with Gasteiger partial charge < -0.3 is 15.8 Å². The van der Waals surface area contributed by atoms with Gasteiger partial charge in [-0.1, -0.05) is 17.7 Å². The quantitative estimate of drug-likeness (QED) is 0.812. The zero-order valence-electron chi connectivity index (χ0n) is 9.92. The van der Waals surface area contributed by atoms with Crippen LogP contribution in [0.3, 0.4) is 0 Å². The molecule has 3 N–H and O–H groups in total. The van der Waals surface area contributed by atoms with Crippen LogP contribution >= 0.6 is 11.6 Å². The van der Waals surface area contributed by atoms with Gasteiger partial charge in [0.25, 0.3) is 0 Å². The van der Waals surface area contributed by atoms with Gasteiger partial charge >= 0.3 is 0 Å². The number of anilines is 1. The fourth-order valence-corrected chi connectivity index (χ4v) is 2.17. The summed E-state index contributed by atoms with van der Waals surface area (Å²) in [6, 6.07) is 5.75. The molecule has 2 rings (SSSR count). The molecule has 0 aromatic heterocycles. The minimum Gasteiger partial charge on any atom is -0.398 e. The van der Waals surface area contributed by atoms with Crippen molar-refractivity contribution in [1.82, 2.24) is 5.32 Å². The minimum absolute atomic E-state index is 0.369. The summed E-state index contributed by atoms with van der Waals surface area (Å²) in [5.74, 6) is 0. The molecule has 1 aliphatic rings. The summed E-state index contributed by atoms with van der Waals surface area (Å²) in [5.41, 5.74) is 7.54. The molecule has 3 nitrogen and oxygen atoms in total. The van der Waals surface area contributed by atoms with Gasteiger partial charge in [0, 0.05) is 19.7 Å². The molecular formula is C13H19ClN2O. The number of nitrogen functional groups attached to an aromatic ring is 1. The Morgan fingerprint density at radius 3 is 3.00 bits per heavy atom. The van der Waals surface area contributed by atoms with Crippen LogP contribution in [0.15, 0.2) is 18.2 Å². The standard InChI is InChI=1S/C13H19ClN2O/c14-12-5-4-10(7-13(12)15)8-16-9-11-3-1-2-6-17-11/h4-5,7,11,16H,1-3,6,8-9,15H2. The fourth-order valence-electron chi connectivity index (χ4n) is 2.05. The number of hydrogen-bond acceptors (Lipinski definition) is 3. The maximum Gasteiger partial charge on any atom is 0.0699 e. The average Bonchev–Trinajstić information content (AvgIpc) is 2.35. The molecule has 1 fully saturated rings. The molecule has 4 heteroatoms. The second-order valence-electron chi connectivity index (χ2n) is 4.48. The molecule has 1 aromatic rings. The minimum atomic E-state index is 0.369. The highest BCUT2D eigenvalue weighted by Crippen LogP contribution is 2.19. The maximum absolute atomic E-state index is 5.87. The van der Waals surface area contributed by atoms with Crippen molar-refractivity contribution in [3.8, 4) is 0 Å². The summed E-state index contributed by atoms with van der Waals surface area (Å²) in [4.78, 5) is 0. The van der Waals surface area contributed by atoms with Gasteiger partial charge in [0.15, 0.2) is 0 Å². The van der Waals surface area contributed by atoms with Gasteiger partial charge in [0.1, 0.15) is 0 Å². The number of nitrogens with two attached hydrogens (primary N) is 1. The molecular weight excluding hydrogens is 236 g/mol. The van der Waals surface area contributed by atoms with Crippen LogP contribution in [-0.4, -0.2) is 19.3 Å². The Balaban J connectivity index is 1.75. The number of rotatable bonds is 4. The van der Waals surface area contributed by atoms with Crippen LogP contribution in [0.5, 0.6) is 0 Å². The van der Waals surface area contributed by atoms with Gasteiger partial charge in [-0.2, -0.15) is 0 Å². The van der Waals surface area contributed by atoms with Crippen LogP contribution in [0.1, 0.15) is 24.8 Å². The first-order valence-corrected chi connectivity index (χ1v) is 6.50. The average molecular weight is 255 g/mol. The molecule has 1 aliphatic heterocycles. The van der Waals surface area contributed by atoms with E-state index in [1.165, 1.54) is 12.8 Å². The summed E-state index contributed by atoms with van der Waals surface area (Å²) in [5, 5.41) is 4.01. The van der Waals surface area contributed by atoms with E-state index in [-0.39, 0.29) is 0 Å². The molecule has 0 spiro atoms. The van der Waals surface area contributed by atoms with Crippen molar-refractivity contribution in [3.63, 3.8) is 0 Å². The second-order valence-corrected chi connectivity index (χ2v) is 4.88. The Kier molecular flexibility index (Phi) is 4.66. The number of ether oxygens (including phenoxy) is 1. The summed E-state index contributed by atoms with van der Waals surface area (Å²) < 4.78 is 5.65. The Morgan fingerprint density at radius 2 is 2.29 bits per heavy atom. The summed E-state index contributed by atoms with van der Waals surface area (Å²) in [6.45, 7) is 2.62. The fraction of sp³-hybridized carbons (Fsp3) is 0.538. The zero-order chi connectivity index (χ0) is 12.1. The molecule has 1 saturated heterocycles. The van der Waals surface area contributed by atoms with Gasteiger partial charge in [0.2, 0.25) is 0 Å². The van der Waals surface area contributed by atoms with Crippen molar-refractivity contribution in [3.05, 3.63) is 28.8 Å². The monoisotopic (exact) mass is 254 g/mol. The van der Waals surface area contributed by atoms with Gasteiger partial charge in [-0.15, -0.1) is 0 Å². The lowest BCUT2D eigenvalue weighted by atomic mass is 10.1. The number of halogens is 1. The van der Waals surface area contributed by atoms with Crippen LogP contribution in [0.4, 0.5) is 5.69 Å². The molecule has 1 aromatic carbocycles. The van der Waals surface area contributed by atoms with E-state index in [1.807, 2.05) is 18.2 Å². The Labute approximate surface area is 107 Å². The van der Waals surface area contributed by atoms with E-state index in [2.05, 4.69) is 5.32 Å². The van der Waals surface area contributed by atoms with E-state index in [4.69, 9.17) is 22.1 Å². The topological polar surface area (TPSA) is 47.3 Å². The first-order valence-electron chi connectivity index (χ1n) is 6.12. The largest absolute Gasteiger partial charge is 0.398 e. The van der Waals surface area contributed by atoms with E-state index >= 15 is 0 Å². The summed E-state index contributed by atoms with van der Waals surface area (Å²) >= 11 is 5.87. The Hall–Kier alpha value is -0.770. The third-order valence-corrected chi connectivity index (χ3v) is 3.38. The van der Waals surface area contributed by atoms with Crippen molar-refractivity contribution in [2.45, 2.75) is 31.9 Å². The van der Waals surface area contributed by atoms with Crippen molar-refractivity contribution < 1.29 is 4.74 Å². The van der Waals surface area contributed by atoms with E-state index < -0.39 is 0 Å². The summed E-state index contributed by atoms with van der Waals surface area (Å²) in [6.07, 6.45) is 4.01. The summed E-state index contributed by atoms with van der Waals surface area (Å²) in [7, 11) is 0.